The molecule has 2 amide bonds. The average Bonchev–Trinajstić information content (AvgIpc) is 3.09. The van der Waals surface area contributed by atoms with E-state index in [1.807, 2.05) is 53.2 Å². The van der Waals surface area contributed by atoms with Crippen molar-refractivity contribution in [3.8, 4) is 0 Å². The Morgan fingerprint density at radius 2 is 1.66 bits per heavy atom. The van der Waals surface area contributed by atoms with E-state index in [0.29, 0.717) is 5.56 Å². The molecule has 6 nitrogen and oxygen atoms in total. The Labute approximate surface area is 175 Å². The van der Waals surface area contributed by atoms with Gasteiger partial charge in [-0.05, 0) is 52.8 Å². The third-order valence-corrected chi connectivity index (χ3v) is 4.75. The normalized spacial score (nSPS) is 11.1. The summed E-state index contributed by atoms with van der Waals surface area (Å²) in [6.07, 6.45) is 1.85. The number of para-hydroxylation sites is 1. The van der Waals surface area contributed by atoms with Crippen LogP contribution in [0.3, 0.4) is 0 Å². The summed E-state index contributed by atoms with van der Waals surface area (Å²) >= 11 is 5.09. The summed E-state index contributed by atoms with van der Waals surface area (Å²) in [5.41, 5.74) is 7.69. The number of carbonyl (C=O) groups is 2. The van der Waals surface area contributed by atoms with Crippen molar-refractivity contribution in [3.63, 3.8) is 0 Å². The minimum absolute atomic E-state index is 0.0151. The van der Waals surface area contributed by atoms with Crippen molar-refractivity contribution in [1.82, 2.24) is 20.7 Å². The minimum atomic E-state index is -0.339. The summed E-state index contributed by atoms with van der Waals surface area (Å²) in [7, 11) is 0. The van der Waals surface area contributed by atoms with Crippen LogP contribution in [0, 0.1) is 0 Å². The third-order valence-electron chi connectivity index (χ3n) is 4.55. The molecule has 0 fully saturated rings. The maximum Gasteiger partial charge on any atom is 0.258 e. The van der Waals surface area contributed by atoms with Crippen molar-refractivity contribution in [2.24, 2.45) is 0 Å². The molecule has 3 N–H and O–H groups in total. The molecule has 2 aromatic carbocycles. The number of fused-ring (bicyclic) bond motifs is 1. The van der Waals surface area contributed by atoms with E-state index in [2.05, 4.69) is 36.9 Å². The van der Waals surface area contributed by atoms with Crippen molar-refractivity contribution in [2.75, 3.05) is 0 Å². The van der Waals surface area contributed by atoms with Gasteiger partial charge in [-0.2, -0.15) is 0 Å². The summed E-state index contributed by atoms with van der Waals surface area (Å²) < 4.78 is 1.84. The molecule has 0 saturated carbocycles. The van der Waals surface area contributed by atoms with Crippen molar-refractivity contribution < 1.29 is 9.59 Å². The molecular weight excluding hydrogens is 384 g/mol. The predicted molar refractivity (Wildman–Crippen MR) is 118 cm³/mol. The van der Waals surface area contributed by atoms with Crippen molar-refractivity contribution in [3.05, 3.63) is 71.9 Å². The first-order valence-corrected chi connectivity index (χ1v) is 9.69. The fourth-order valence-corrected chi connectivity index (χ4v) is 3.07. The monoisotopic (exact) mass is 408 g/mol. The van der Waals surface area contributed by atoms with E-state index in [9.17, 15) is 9.59 Å². The van der Waals surface area contributed by atoms with Gasteiger partial charge in [0.15, 0.2) is 5.11 Å². The van der Waals surface area contributed by atoms with Crippen LogP contribution in [0.25, 0.3) is 10.9 Å². The molecule has 150 valence electrons. The van der Waals surface area contributed by atoms with Crippen LogP contribution in [0.2, 0.25) is 0 Å². The lowest BCUT2D eigenvalue weighted by Crippen LogP contribution is -2.49. The second kappa shape index (κ2) is 8.45. The van der Waals surface area contributed by atoms with Crippen LogP contribution in [0.1, 0.15) is 36.7 Å². The molecular formula is C22H24N4O2S. The van der Waals surface area contributed by atoms with Gasteiger partial charge in [-0.1, -0.05) is 51.1 Å². The molecule has 0 bridgehead atoms. The molecule has 29 heavy (non-hydrogen) atoms. The molecule has 0 spiro atoms. The van der Waals surface area contributed by atoms with Crippen molar-refractivity contribution in [1.29, 1.82) is 0 Å². The molecule has 0 atom stereocenters. The summed E-state index contributed by atoms with van der Waals surface area (Å²) in [4.78, 5) is 24.5. The van der Waals surface area contributed by atoms with Gasteiger partial charge in [-0.15, -0.1) is 0 Å². The maximum absolute atomic E-state index is 12.3. The molecule has 0 unspecified atom stereocenters. The summed E-state index contributed by atoms with van der Waals surface area (Å²) in [5, 5.41) is 3.65. The van der Waals surface area contributed by atoms with Gasteiger partial charge >= 0.3 is 0 Å². The molecule has 0 aliphatic heterocycles. The van der Waals surface area contributed by atoms with Crippen LogP contribution in [0.15, 0.2) is 60.8 Å². The largest absolute Gasteiger partial charge is 0.338 e. The zero-order valence-electron chi connectivity index (χ0n) is 16.7. The number of nitrogens with one attached hydrogen (secondary N) is 3. The van der Waals surface area contributed by atoms with Gasteiger partial charge in [0.1, 0.15) is 6.54 Å². The highest BCUT2D eigenvalue weighted by Crippen LogP contribution is 2.22. The first-order valence-electron chi connectivity index (χ1n) is 9.28. The smallest absolute Gasteiger partial charge is 0.258 e. The van der Waals surface area contributed by atoms with Gasteiger partial charge in [0.2, 0.25) is 0 Å². The van der Waals surface area contributed by atoms with Gasteiger partial charge in [0.25, 0.3) is 11.8 Å². The van der Waals surface area contributed by atoms with E-state index in [1.54, 1.807) is 12.1 Å². The topological polar surface area (TPSA) is 75.2 Å². The minimum Gasteiger partial charge on any atom is -0.338 e. The average molecular weight is 409 g/mol. The number of rotatable bonds is 3. The molecule has 0 aliphatic rings. The highest BCUT2D eigenvalue weighted by Gasteiger charge is 2.15. The Morgan fingerprint density at radius 1 is 0.966 bits per heavy atom. The number of amides is 2. The number of hydrazine groups is 1. The number of aromatic nitrogens is 1. The molecule has 3 rings (SSSR count). The standard InChI is InChI=1S/C22H24N4O2S/c1-22(2,3)17-10-8-16(9-11-17)20(28)23-21(29)25-24-19(27)14-26-13-12-15-6-4-5-7-18(15)26/h4-13H,14H2,1-3H3,(H,24,27)(H2,23,25,28,29). The predicted octanol–water partition coefficient (Wildman–Crippen LogP) is 3.27. The molecule has 1 heterocycles. The van der Waals surface area contributed by atoms with Crippen molar-refractivity contribution in [2.45, 2.75) is 32.7 Å². The van der Waals surface area contributed by atoms with E-state index in [0.717, 1.165) is 16.5 Å². The zero-order valence-corrected chi connectivity index (χ0v) is 17.5. The number of nitrogens with zero attached hydrogens (tertiary/aromatic N) is 1. The maximum atomic E-state index is 12.3. The number of benzene rings is 2. The second-order valence-electron chi connectivity index (χ2n) is 7.79. The van der Waals surface area contributed by atoms with E-state index in [4.69, 9.17) is 12.2 Å². The van der Waals surface area contributed by atoms with Crippen LogP contribution in [0.5, 0.6) is 0 Å². The molecule has 7 heteroatoms. The van der Waals surface area contributed by atoms with Gasteiger partial charge < -0.3 is 4.57 Å². The Kier molecular flexibility index (Phi) is 5.98. The lowest BCUT2D eigenvalue weighted by molar-refractivity contribution is -0.122. The number of hydrogen-bond acceptors (Lipinski definition) is 3. The van der Waals surface area contributed by atoms with Gasteiger partial charge in [-0.3, -0.25) is 25.8 Å². The highest BCUT2D eigenvalue weighted by atomic mass is 32.1. The van der Waals surface area contributed by atoms with Crippen LogP contribution in [0.4, 0.5) is 0 Å². The molecule has 0 aliphatic carbocycles. The Balaban J connectivity index is 1.50. The van der Waals surface area contributed by atoms with Crippen molar-refractivity contribution >= 4 is 40.0 Å². The Morgan fingerprint density at radius 3 is 2.34 bits per heavy atom. The molecule has 0 radical (unpaired) electrons. The zero-order chi connectivity index (χ0) is 21.0. The number of thiocarbonyl (C=S) groups is 1. The first kappa shape index (κ1) is 20.5. The molecule has 1 aromatic heterocycles. The van der Waals surface area contributed by atoms with Gasteiger partial charge in [0, 0.05) is 17.3 Å². The highest BCUT2D eigenvalue weighted by molar-refractivity contribution is 7.80. The van der Waals surface area contributed by atoms with E-state index in [1.165, 1.54) is 0 Å². The fourth-order valence-electron chi connectivity index (χ4n) is 2.93. The lowest BCUT2D eigenvalue weighted by Gasteiger charge is -2.19. The number of carbonyl (C=O) groups excluding carboxylic acids is 2. The van der Waals surface area contributed by atoms with Crippen LogP contribution in [-0.2, 0) is 16.8 Å². The third kappa shape index (κ3) is 5.20. The Bertz CT molecular complexity index is 1050. The second-order valence-corrected chi connectivity index (χ2v) is 8.19. The van der Waals surface area contributed by atoms with E-state index < -0.39 is 0 Å². The lowest BCUT2D eigenvalue weighted by atomic mass is 9.87. The molecule has 0 saturated heterocycles. The summed E-state index contributed by atoms with van der Waals surface area (Å²) in [6.45, 7) is 6.46. The van der Waals surface area contributed by atoms with E-state index >= 15 is 0 Å². The Hall–Kier alpha value is -3.19. The van der Waals surface area contributed by atoms with Crippen LogP contribution >= 0.6 is 12.2 Å². The SMILES string of the molecule is CC(C)(C)c1ccc(C(=O)NC(=S)NNC(=O)Cn2ccc3ccccc32)cc1. The quantitative estimate of drug-likeness (QED) is 0.459. The van der Waals surface area contributed by atoms with E-state index in [-0.39, 0.29) is 28.9 Å². The first-order chi connectivity index (χ1) is 13.7. The fraction of sp³-hybridized carbons (Fsp3) is 0.227. The van der Waals surface area contributed by atoms with Gasteiger partial charge in [0.05, 0.1) is 0 Å². The summed E-state index contributed by atoms with van der Waals surface area (Å²) in [6, 6.07) is 17.1. The van der Waals surface area contributed by atoms with Crippen LogP contribution < -0.4 is 16.2 Å². The summed E-state index contributed by atoms with van der Waals surface area (Å²) in [5.74, 6) is -0.619. The molecule has 3 aromatic rings. The number of hydrogen-bond donors (Lipinski definition) is 3. The van der Waals surface area contributed by atoms with Gasteiger partial charge in [-0.25, -0.2) is 0 Å². The van der Waals surface area contributed by atoms with Crippen LogP contribution in [-0.4, -0.2) is 21.5 Å².